The quantitative estimate of drug-likeness (QED) is 0.647. The molecular weight excluding hydrogens is 232 g/mol. The molecule has 0 fully saturated rings. The van der Waals surface area contributed by atoms with Crippen LogP contribution in [0.1, 0.15) is 15.9 Å². The van der Waals surface area contributed by atoms with Crippen molar-refractivity contribution in [3.63, 3.8) is 0 Å². The minimum atomic E-state index is -1.16. The average Bonchev–Trinajstić information content (AvgIpc) is 2.38. The predicted octanol–water partition coefficient (Wildman–Crippen LogP) is 1.72. The van der Waals surface area contributed by atoms with E-state index < -0.39 is 17.7 Å². The summed E-state index contributed by atoms with van der Waals surface area (Å²) in [6, 6.07) is 6.78. The Kier molecular flexibility index (Phi) is 3.19. The maximum absolute atomic E-state index is 11.6. The summed E-state index contributed by atoms with van der Waals surface area (Å²) in [6.45, 7) is 0. The lowest BCUT2D eigenvalue weighted by Gasteiger charge is -2.11. The molecule has 0 amide bonds. The Hall–Kier alpha value is -2.49. The molecule has 0 bridgehead atoms. The second-order valence-corrected chi connectivity index (χ2v) is 3.92. The first-order chi connectivity index (χ1) is 8.61. The highest BCUT2D eigenvalue weighted by Gasteiger charge is 2.24. The Morgan fingerprint density at radius 1 is 1.33 bits per heavy atom. The van der Waals surface area contributed by atoms with Crippen molar-refractivity contribution in [2.24, 2.45) is 5.92 Å². The zero-order chi connectivity index (χ0) is 13.1. The van der Waals surface area contributed by atoms with E-state index in [0.29, 0.717) is 16.7 Å². The van der Waals surface area contributed by atoms with Gasteiger partial charge in [-0.15, -0.1) is 0 Å². The molecule has 1 aromatic rings. The molecule has 1 unspecified atom stereocenters. The largest absolute Gasteiger partial charge is 0.480 e. The van der Waals surface area contributed by atoms with Gasteiger partial charge in [-0.05, 0) is 23.3 Å². The Balaban J connectivity index is 2.34. The molecule has 0 heterocycles. The molecule has 0 saturated carbocycles. The summed E-state index contributed by atoms with van der Waals surface area (Å²) in [5, 5.41) is 8.80. The van der Waals surface area contributed by atoms with E-state index in [-0.39, 0.29) is 0 Å². The lowest BCUT2D eigenvalue weighted by atomic mass is 9.91. The number of carboxylic acid groups (broad SMARTS) is 1. The van der Waals surface area contributed by atoms with Gasteiger partial charge in [0, 0.05) is 5.56 Å². The van der Waals surface area contributed by atoms with E-state index in [0.717, 1.165) is 6.29 Å². The molecule has 0 spiro atoms. The number of carbonyl (C=O) groups is 3. The van der Waals surface area contributed by atoms with Crippen LogP contribution in [-0.2, 0) is 9.59 Å². The Morgan fingerprint density at radius 2 is 2.11 bits per heavy atom. The Bertz CT molecular complexity index is 581. The zero-order valence-corrected chi connectivity index (χ0v) is 9.37. The molecule has 0 radical (unpaired) electrons. The van der Waals surface area contributed by atoms with Crippen LogP contribution in [0.4, 0.5) is 0 Å². The standard InChI is InChI=1S/C14H10O4/c15-8-9-2-1-3-10(6-9)11-4-5-12(14(17)18)13(16)7-11/h1-8,12H,(H,17,18). The van der Waals surface area contributed by atoms with Crippen molar-refractivity contribution in [3.05, 3.63) is 53.6 Å². The minimum Gasteiger partial charge on any atom is -0.480 e. The van der Waals surface area contributed by atoms with E-state index in [1.54, 1.807) is 30.3 Å². The zero-order valence-electron chi connectivity index (χ0n) is 9.37. The number of allylic oxidation sites excluding steroid dienone is 3. The molecule has 0 saturated heterocycles. The topological polar surface area (TPSA) is 71.4 Å². The molecule has 1 N–H and O–H groups in total. The van der Waals surface area contributed by atoms with Gasteiger partial charge in [-0.1, -0.05) is 30.4 Å². The predicted molar refractivity (Wildman–Crippen MR) is 65.1 cm³/mol. The fraction of sp³-hybridized carbons (Fsp3) is 0.0714. The molecule has 4 heteroatoms. The van der Waals surface area contributed by atoms with Gasteiger partial charge in [0.1, 0.15) is 12.2 Å². The van der Waals surface area contributed by atoms with Gasteiger partial charge in [0.05, 0.1) is 0 Å². The van der Waals surface area contributed by atoms with Crippen LogP contribution in [0.2, 0.25) is 0 Å². The van der Waals surface area contributed by atoms with Crippen LogP contribution in [0, 0.1) is 5.92 Å². The van der Waals surface area contributed by atoms with Gasteiger partial charge in [0.25, 0.3) is 0 Å². The number of rotatable bonds is 3. The molecule has 1 aliphatic carbocycles. The van der Waals surface area contributed by atoms with E-state index in [2.05, 4.69) is 0 Å². The lowest BCUT2D eigenvalue weighted by Crippen LogP contribution is -2.22. The third kappa shape index (κ3) is 2.27. The monoisotopic (exact) mass is 242 g/mol. The maximum Gasteiger partial charge on any atom is 0.318 e. The van der Waals surface area contributed by atoms with Crippen LogP contribution in [0.5, 0.6) is 0 Å². The van der Waals surface area contributed by atoms with E-state index in [1.165, 1.54) is 12.2 Å². The highest BCUT2D eigenvalue weighted by atomic mass is 16.4. The molecule has 1 aromatic carbocycles. The molecule has 0 aliphatic heterocycles. The first kappa shape index (κ1) is 12.0. The lowest BCUT2D eigenvalue weighted by molar-refractivity contribution is -0.143. The number of ketones is 1. The summed E-state index contributed by atoms with van der Waals surface area (Å²) in [5.41, 5.74) is 1.84. The number of carboxylic acids is 1. The third-order valence-electron chi connectivity index (χ3n) is 2.69. The van der Waals surface area contributed by atoms with Crippen molar-refractivity contribution >= 4 is 23.6 Å². The first-order valence-corrected chi connectivity index (χ1v) is 5.34. The molecule has 4 nitrogen and oxygen atoms in total. The number of aldehydes is 1. The number of aliphatic carboxylic acids is 1. The SMILES string of the molecule is O=Cc1cccc(C2=CC(=O)C(C(=O)O)C=C2)c1. The van der Waals surface area contributed by atoms with Gasteiger partial charge in [-0.2, -0.15) is 0 Å². The van der Waals surface area contributed by atoms with Crippen LogP contribution < -0.4 is 0 Å². The fourth-order valence-electron chi connectivity index (χ4n) is 1.76. The van der Waals surface area contributed by atoms with Crippen molar-refractivity contribution in [1.82, 2.24) is 0 Å². The van der Waals surface area contributed by atoms with Crippen molar-refractivity contribution in [2.45, 2.75) is 0 Å². The van der Waals surface area contributed by atoms with E-state index in [9.17, 15) is 14.4 Å². The van der Waals surface area contributed by atoms with Gasteiger partial charge in [-0.25, -0.2) is 0 Å². The van der Waals surface area contributed by atoms with E-state index >= 15 is 0 Å². The Morgan fingerprint density at radius 3 is 2.72 bits per heavy atom. The molecule has 90 valence electrons. The van der Waals surface area contributed by atoms with Crippen LogP contribution in [0.3, 0.4) is 0 Å². The second kappa shape index (κ2) is 4.79. The van der Waals surface area contributed by atoms with Gasteiger partial charge in [0.2, 0.25) is 0 Å². The minimum absolute atomic E-state index is 0.462. The number of hydrogen-bond donors (Lipinski definition) is 1. The number of hydrogen-bond acceptors (Lipinski definition) is 3. The Labute approximate surface area is 103 Å². The van der Waals surface area contributed by atoms with Crippen molar-refractivity contribution < 1.29 is 19.5 Å². The molecule has 1 aliphatic rings. The first-order valence-electron chi connectivity index (χ1n) is 5.34. The average molecular weight is 242 g/mol. The highest BCUT2D eigenvalue weighted by molar-refractivity contribution is 6.12. The number of carbonyl (C=O) groups excluding carboxylic acids is 2. The van der Waals surface area contributed by atoms with Gasteiger partial charge < -0.3 is 5.11 Å². The summed E-state index contributed by atoms with van der Waals surface area (Å²) in [4.78, 5) is 33.0. The molecule has 0 aromatic heterocycles. The van der Waals surface area contributed by atoms with Crippen LogP contribution in [-0.4, -0.2) is 23.1 Å². The van der Waals surface area contributed by atoms with Crippen molar-refractivity contribution in [1.29, 1.82) is 0 Å². The fourth-order valence-corrected chi connectivity index (χ4v) is 1.76. The molecule has 2 rings (SSSR count). The van der Waals surface area contributed by atoms with Crippen LogP contribution >= 0.6 is 0 Å². The van der Waals surface area contributed by atoms with Gasteiger partial charge in [-0.3, -0.25) is 14.4 Å². The van der Waals surface area contributed by atoms with E-state index in [1.807, 2.05) is 0 Å². The molecule has 1 atom stereocenters. The van der Waals surface area contributed by atoms with E-state index in [4.69, 9.17) is 5.11 Å². The summed E-state index contributed by atoms with van der Waals surface area (Å²) >= 11 is 0. The smallest absolute Gasteiger partial charge is 0.318 e. The highest BCUT2D eigenvalue weighted by Crippen LogP contribution is 2.23. The van der Waals surface area contributed by atoms with Gasteiger partial charge in [0.15, 0.2) is 5.78 Å². The maximum atomic E-state index is 11.6. The summed E-state index contributed by atoms with van der Waals surface area (Å²) < 4.78 is 0. The number of benzene rings is 1. The molecular formula is C14H10O4. The second-order valence-electron chi connectivity index (χ2n) is 3.92. The van der Waals surface area contributed by atoms with Gasteiger partial charge >= 0.3 is 5.97 Å². The van der Waals surface area contributed by atoms with Crippen molar-refractivity contribution in [3.8, 4) is 0 Å². The summed E-state index contributed by atoms with van der Waals surface area (Å²) in [7, 11) is 0. The third-order valence-corrected chi connectivity index (χ3v) is 2.69. The van der Waals surface area contributed by atoms with Crippen molar-refractivity contribution in [2.75, 3.05) is 0 Å². The molecule has 18 heavy (non-hydrogen) atoms. The summed E-state index contributed by atoms with van der Waals surface area (Å²) in [5.74, 6) is -2.73. The van der Waals surface area contributed by atoms with Crippen LogP contribution in [0.25, 0.3) is 5.57 Å². The summed E-state index contributed by atoms with van der Waals surface area (Å²) in [6.07, 6.45) is 4.96. The van der Waals surface area contributed by atoms with Crippen LogP contribution in [0.15, 0.2) is 42.5 Å². The normalized spacial score (nSPS) is 18.3.